The lowest BCUT2D eigenvalue weighted by molar-refractivity contribution is 0.101. The minimum atomic E-state index is -4.09. The van der Waals surface area contributed by atoms with Crippen LogP contribution in [0.2, 0.25) is 5.02 Å². The van der Waals surface area contributed by atoms with Crippen LogP contribution in [0.1, 0.15) is 35.0 Å². The molecule has 4 nitrogen and oxygen atoms in total. The molecule has 0 unspecified atom stereocenters. The van der Waals surface area contributed by atoms with Gasteiger partial charge < -0.3 is 0 Å². The molecule has 0 spiro atoms. The van der Waals surface area contributed by atoms with Crippen molar-refractivity contribution in [1.82, 2.24) is 0 Å². The molecule has 0 saturated carbocycles. The van der Waals surface area contributed by atoms with Gasteiger partial charge in [0.15, 0.2) is 0 Å². The summed E-state index contributed by atoms with van der Waals surface area (Å²) in [5.41, 5.74) is 1.42. The molecule has 28 heavy (non-hydrogen) atoms. The van der Waals surface area contributed by atoms with Crippen LogP contribution < -0.4 is 4.31 Å². The fraction of sp³-hybridized carbons (Fsp3) is 0.190. The lowest BCUT2D eigenvalue weighted by Gasteiger charge is -2.22. The first-order valence-corrected chi connectivity index (χ1v) is 11.6. The van der Waals surface area contributed by atoms with Gasteiger partial charge in [0.05, 0.1) is 15.5 Å². The van der Waals surface area contributed by atoms with E-state index in [2.05, 4.69) is 6.92 Å². The number of carbonyl (C=O) groups is 1. The van der Waals surface area contributed by atoms with E-state index in [1.165, 1.54) is 35.6 Å². The Morgan fingerprint density at radius 1 is 1.04 bits per heavy atom. The molecule has 1 amide bonds. The number of amides is 1. The molecule has 0 saturated heterocycles. The summed E-state index contributed by atoms with van der Waals surface area (Å²) in [5, 5.41) is 2.17. The van der Waals surface area contributed by atoms with Crippen LogP contribution in [-0.2, 0) is 16.4 Å². The molecule has 2 aromatic carbocycles. The van der Waals surface area contributed by atoms with Crippen LogP contribution in [0.4, 0.5) is 5.69 Å². The summed E-state index contributed by atoms with van der Waals surface area (Å²) in [7, 11) is -4.09. The zero-order valence-electron chi connectivity index (χ0n) is 15.3. The van der Waals surface area contributed by atoms with Crippen LogP contribution in [0.15, 0.2) is 70.9 Å². The first kappa shape index (κ1) is 20.6. The number of aryl methyl sites for hydroxylation is 1. The molecular formula is C21H20ClNO3S2. The molecule has 0 radical (unpaired) electrons. The highest BCUT2D eigenvalue weighted by Gasteiger charge is 2.32. The summed E-state index contributed by atoms with van der Waals surface area (Å²) < 4.78 is 27.5. The normalized spacial score (nSPS) is 11.4. The number of thiophene rings is 1. The van der Waals surface area contributed by atoms with Crippen molar-refractivity contribution < 1.29 is 13.2 Å². The summed E-state index contributed by atoms with van der Waals surface area (Å²) in [6.45, 7) is 2.12. The Kier molecular flexibility index (Phi) is 6.54. The molecule has 7 heteroatoms. The number of carbonyl (C=O) groups excluding carboxylic acids is 1. The Hall–Kier alpha value is -2.15. The van der Waals surface area contributed by atoms with E-state index in [0.717, 1.165) is 29.1 Å². The van der Waals surface area contributed by atoms with Crippen LogP contribution >= 0.6 is 22.9 Å². The second-order valence-electron chi connectivity index (χ2n) is 6.28. The van der Waals surface area contributed by atoms with Gasteiger partial charge in [0.2, 0.25) is 0 Å². The molecule has 0 atom stereocenters. The number of unbranched alkanes of at least 4 members (excludes halogenated alkanes) is 1. The molecule has 146 valence electrons. The summed E-state index contributed by atoms with van der Waals surface area (Å²) >= 11 is 7.09. The highest BCUT2D eigenvalue weighted by atomic mass is 35.5. The first-order chi connectivity index (χ1) is 13.4. The van der Waals surface area contributed by atoms with Gasteiger partial charge in [0.1, 0.15) is 0 Å². The Bertz CT molecular complexity index is 1030. The molecule has 0 fully saturated rings. The second-order valence-corrected chi connectivity index (χ2v) is 9.45. The van der Waals surface area contributed by atoms with E-state index >= 15 is 0 Å². The van der Waals surface area contributed by atoms with E-state index in [1.807, 2.05) is 12.1 Å². The van der Waals surface area contributed by atoms with Crippen LogP contribution in [0.3, 0.4) is 0 Å². The predicted octanol–water partition coefficient (Wildman–Crippen LogP) is 5.78. The molecule has 0 aliphatic heterocycles. The number of benzene rings is 2. The Morgan fingerprint density at radius 2 is 1.71 bits per heavy atom. The van der Waals surface area contributed by atoms with Gasteiger partial charge in [-0.3, -0.25) is 4.79 Å². The van der Waals surface area contributed by atoms with Gasteiger partial charge in [-0.05, 0) is 66.2 Å². The molecule has 1 aromatic heterocycles. The maximum Gasteiger partial charge on any atom is 0.282 e. The number of anilines is 1. The van der Waals surface area contributed by atoms with Crippen molar-refractivity contribution in [2.75, 3.05) is 4.31 Å². The van der Waals surface area contributed by atoms with Gasteiger partial charge in [-0.2, -0.15) is 4.31 Å². The summed E-state index contributed by atoms with van der Waals surface area (Å²) in [6, 6.07) is 16.3. The van der Waals surface area contributed by atoms with E-state index < -0.39 is 15.9 Å². The predicted molar refractivity (Wildman–Crippen MR) is 115 cm³/mol. The van der Waals surface area contributed by atoms with Crippen LogP contribution in [0, 0.1) is 0 Å². The SMILES string of the molecule is CCCCc1ccc(N(C(=O)c2cccs2)S(=O)(=O)c2ccc(Cl)cc2)cc1. The number of hydrogen-bond acceptors (Lipinski definition) is 4. The van der Waals surface area contributed by atoms with Crippen LogP contribution in [0.25, 0.3) is 0 Å². The van der Waals surface area contributed by atoms with Crippen molar-refractivity contribution in [2.24, 2.45) is 0 Å². The average molecular weight is 434 g/mol. The van der Waals surface area contributed by atoms with E-state index in [9.17, 15) is 13.2 Å². The fourth-order valence-electron chi connectivity index (χ4n) is 2.76. The zero-order valence-corrected chi connectivity index (χ0v) is 17.7. The van der Waals surface area contributed by atoms with Crippen molar-refractivity contribution in [1.29, 1.82) is 0 Å². The quantitative estimate of drug-likeness (QED) is 0.474. The zero-order chi connectivity index (χ0) is 20.1. The molecule has 0 N–H and O–H groups in total. The Labute approximate surface area is 174 Å². The van der Waals surface area contributed by atoms with E-state index in [4.69, 9.17) is 11.6 Å². The average Bonchev–Trinajstić information content (AvgIpc) is 3.22. The number of nitrogens with zero attached hydrogens (tertiary/aromatic N) is 1. The van der Waals surface area contributed by atoms with Crippen molar-refractivity contribution in [3.63, 3.8) is 0 Å². The van der Waals surface area contributed by atoms with Gasteiger partial charge in [-0.15, -0.1) is 11.3 Å². The summed E-state index contributed by atoms with van der Waals surface area (Å²) in [5.74, 6) is -0.578. The topological polar surface area (TPSA) is 54.5 Å². The smallest absolute Gasteiger partial charge is 0.267 e. The summed E-state index contributed by atoms with van der Waals surface area (Å²) in [4.78, 5) is 13.4. The minimum Gasteiger partial charge on any atom is -0.267 e. The highest BCUT2D eigenvalue weighted by molar-refractivity contribution is 7.93. The van der Waals surface area contributed by atoms with Gasteiger partial charge >= 0.3 is 0 Å². The largest absolute Gasteiger partial charge is 0.282 e. The molecule has 3 aromatic rings. The number of halogens is 1. The van der Waals surface area contributed by atoms with E-state index in [1.54, 1.807) is 29.6 Å². The molecule has 0 aliphatic rings. The van der Waals surface area contributed by atoms with Crippen molar-refractivity contribution >= 4 is 44.6 Å². The third kappa shape index (κ3) is 4.46. The van der Waals surface area contributed by atoms with Crippen molar-refractivity contribution in [3.05, 3.63) is 81.5 Å². The van der Waals surface area contributed by atoms with Gasteiger partial charge in [0.25, 0.3) is 15.9 Å². The number of hydrogen-bond donors (Lipinski definition) is 0. The third-order valence-corrected chi connectivity index (χ3v) is 7.09. The number of rotatable bonds is 7. The van der Waals surface area contributed by atoms with E-state index in [0.29, 0.717) is 15.6 Å². The lowest BCUT2D eigenvalue weighted by atomic mass is 10.1. The maximum atomic E-state index is 13.3. The molecule has 1 heterocycles. The minimum absolute atomic E-state index is 0.0110. The summed E-state index contributed by atoms with van der Waals surface area (Å²) in [6.07, 6.45) is 3.05. The maximum absolute atomic E-state index is 13.3. The van der Waals surface area contributed by atoms with Crippen molar-refractivity contribution in [2.45, 2.75) is 31.1 Å². The highest BCUT2D eigenvalue weighted by Crippen LogP contribution is 2.28. The lowest BCUT2D eigenvalue weighted by Crippen LogP contribution is -2.36. The fourth-order valence-corrected chi connectivity index (χ4v) is 5.00. The monoisotopic (exact) mass is 433 g/mol. The molecular weight excluding hydrogens is 414 g/mol. The van der Waals surface area contributed by atoms with Gasteiger partial charge in [0, 0.05) is 5.02 Å². The Morgan fingerprint density at radius 3 is 2.29 bits per heavy atom. The second kappa shape index (κ2) is 8.90. The van der Waals surface area contributed by atoms with E-state index in [-0.39, 0.29) is 4.90 Å². The standard InChI is InChI=1S/C21H20ClNO3S2/c1-2-3-5-16-7-11-18(12-8-16)23(21(24)20-6-4-15-27-20)28(25,26)19-13-9-17(22)10-14-19/h4,6-15H,2-3,5H2,1H3. The number of sulfonamides is 1. The molecule has 0 aliphatic carbocycles. The molecule has 0 bridgehead atoms. The Balaban J connectivity index is 2.05. The van der Waals surface area contributed by atoms with Crippen LogP contribution in [0.5, 0.6) is 0 Å². The van der Waals surface area contributed by atoms with Crippen LogP contribution in [-0.4, -0.2) is 14.3 Å². The molecule has 3 rings (SSSR count). The van der Waals surface area contributed by atoms with Gasteiger partial charge in [-0.1, -0.05) is 43.1 Å². The first-order valence-electron chi connectivity index (χ1n) is 8.91. The third-order valence-electron chi connectivity index (χ3n) is 4.26. The van der Waals surface area contributed by atoms with Gasteiger partial charge in [-0.25, -0.2) is 8.42 Å². The van der Waals surface area contributed by atoms with Crippen molar-refractivity contribution in [3.8, 4) is 0 Å².